The molecule has 0 radical (unpaired) electrons. The largest absolute Gasteiger partial charge is 0.394 e. The number of aromatic amines is 1. The summed E-state index contributed by atoms with van der Waals surface area (Å²) in [4.78, 5) is 0. The van der Waals surface area contributed by atoms with Gasteiger partial charge in [-0.15, -0.1) is 10.2 Å². The molecule has 0 saturated carbocycles. The molecule has 1 aromatic heterocycles. The third kappa shape index (κ3) is 2.18. The number of nitrogens with one attached hydrogen (secondary N) is 1. The van der Waals surface area contributed by atoms with E-state index in [-0.39, 0.29) is 5.82 Å². The quantitative estimate of drug-likeness (QED) is 0.340. The lowest BCUT2D eigenvalue weighted by Gasteiger charge is -2.18. The highest BCUT2D eigenvalue weighted by molar-refractivity contribution is 4.90. The van der Waals surface area contributed by atoms with E-state index in [4.69, 9.17) is 10.2 Å². The fourth-order valence-electron chi connectivity index (χ4n) is 0.766. The standard InChI is InChI=1S/C5H10N4O4/c10-1-2(11)3(12)4(13)5-6-8-9-7-5/h2-4,10-13H,1H2,(H,6,7,8,9)/t2-,3-,4-/m0/s1. The van der Waals surface area contributed by atoms with Crippen molar-refractivity contribution in [2.75, 3.05) is 6.61 Å². The molecule has 0 bridgehead atoms. The monoisotopic (exact) mass is 190 g/mol. The lowest BCUT2D eigenvalue weighted by Crippen LogP contribution is -2.35. The Kier molecular flexibility index (Phi) is 3.25. The zero-order valence-corrected chi connectivity index (χ0v) is 6.57. The number of hydrogen-bond donors (Lipinski definition) is 5. The summed E-state index contributed by atoms with van der Waals surface area (Å²) in [5.41, 5.74) is 0. The van der Waals surface area contributed by atoms with Crippen molar-refractivity contribution in [3.05, 3.63) is 5.82 Å². The lowest BCUT2D eigenvalue weighted by atomic mass is 10.1. The van der Waals surface area contributed by atoms with Crippen LogP contribution in [-0.2, 0) is 0 Å². The predicted octanol–water partition coefficient (Wildman–Crippen LogP) is -3.05. The van der Waals surface area contributed by atoms with Gasteiger partial charge in [-0.05, 0) is 0 Å². The third-order valence-electron chi connectivity index (χ3n) is 1.53. The first kappa shape index (κ1) is 9.99. The maximum atomic E-state index is 9.27. The van der Waals surface area contributed by atoms with Gasteiger partial charge < -0.3 is 20.4 Å². The van der Waals surface area contributed by atoms with E-state index in [0.717, 1.165) is 0 Å². The zero-order valence-electron chi connectivity index (χ0n) is 6.57. The van der Waals surface area contributed by atoms with Crippen molar-refractivity contribution in [3.8, 4) is 0 Å². The maximum absolute atomic E-state index is 9.27. The first-order valence-electron chi connectivity index (χ1n) is 3.55. The van der Waals surface area contributed by atoms with Crippen LogP contribution in [0, 0.1) is 0 Å². The minimum atomic E-state index is -1.54. The molecule has 0 aliphatic carbocycles. The van der Waals surface area contributed by atoms with Gasteiger partial charge in [0, 0.05) is 0 Å². The van der Waals surface area contributed by atoms with E-state index in [1.165, 1.54) is 0 Å². The summed E-state index contributed by atoms with van der Waals surface area (Å²) in [7, 11) is 0. The number of aliphatic hydroxyl groups is 4. The van der Waals surface area contributed by atoms with Gasteiger partial charge in [-0.25, -0.2) is 0 Å². The average Bonchev–Trinajstić information content (AvgIpc) is 2.67. The highest BCUT2D eigenvalue weighted by Crippen LogP contribution is 2.13. The van der Waals surface area contributed by atoms with Crippen LogP contribution in [0.3, 0.4) is 0 Å². The minimum Gasteiger partial charge on any atom is -0.394 e. The van der Waals surface area contributed by atoms with E-state index < -0.39 is 24.9 Å². The second kappa shape index (κ2) is 4.23. The molecule has 0 amide bonds. The van der Waals surface area contributed by atoms with E-state index in [2.05, 4.69) is 20.6 Å². The predicted molar refractivity (Wildman–Crippen MR) is 38.2 cm³/mol. The second-order valence-electron chi connectivity index (χ2n) is 2.46. The van der Waals surface area contributed by atoms with Crippen LogP contribution in [-0.4, -0.2) is 59.9 Å². The SMILES string of the molecule is OC[C@H](O)[C@H](O)[C@H](O)c1nn[nH]n1. The highest BCUT2D eigenvalue weighted by atomic mass is 16.4. The number of aliphatic hydroxyl groups excluding tert-OH is 4. The molecule has 5 N–H and O–H groups in total. The van der Waals surface area contributed by atoms with Gasteiger partial charge in [0.25, 0.3) is 0 Å². The van der Waals surface area contributed by atoms with Crippen LogP contribution in [0.2, 0.25) is 0 Å². The molecule has 0 aliphatic rings. The summed E-state index contributed by atoms with van der Waals surface area (Å²) in [5.74, 6) is -0.139. The first-order valence-corrected chi connectivity index (χ1v) is 3.55. The summed E-state index contributed by atoms with van der Waals surface area (Å²) >= 11 is 0. The van der Waals surface area contributed by atoms with Crippen molar-refractivity contribution >= 4 is 0 Å². The Bertz CT molecular complexity index is 241. The van der Waals surface area contributed by atoms with Gasteiger partial charge in [0.05, 0.1) is 6.61 Å². The molecule has 0 aromatic carbocycles. The molecular formula is C5H10N4O4. The number of hydrogen-bond acceptors (Lipinski definition) is 7. The van der Waals surface area contributed by atoms with Gasteiger partial charge in [0.15, 0.2) is 0 Å². The van der Waals surface area contributed by atoms with E-state index in [1.807, 2.05) is 0 Å². The van der Waals surface area contributed by atoms with Crippen LogP contribution in [0.5, 0.6) is 0 Å². The fourth-order valence-corrected chi connectivity index (χ4v) is 0.766. The van der Waals surface area contributed by atoms with Gasteiger partial charge in [0.2, 0.25) is 5.82 Å². The smallest absolute Gasteiger partial charge is 0.205 e. The van der Waals surface area contributed by atoms with Crippen LogP contribution >= 0.6 is 0 Å². The lowest BCUT2D eigenvalue weighted by molar-refractivity contribution is -0.0803. The summed E-state index contributed by atoms with van der Waals surface area (Å²) in [6, 6.07) is 0. The van der Waals surface area contributed by atoms with Gasteiger partial charge in [-0.1, -0.05) is 5.21 Å². The van der Waals surface area contributed by atoms with Crippen molar-refractivity contribution in [2.45, 2.75) is 18.3 Å². The molecule has 8 nitrogen and oxygen atoms in total. The van der Waals surface area contributed by atoms with Crippen molar-refractivity contribution in [1.82, 2.24) is 20.6 Å². The van der Waals surface area contributed by atoms with Crippen LogP contribution < -0.4 is 0 Å². The topological polar surface area (TPSA) is 135 Å². The van der Waals surface area contributed by atoms with Crippen molar-refractivity contribution in [2.24, 2.45) is 0 Å². The molecule has 0 unspecified atom stereocenters. The van der Waals surface area contributed by atoms with E-state index in [0.29, 0.717) is 0 Å². The molecule has 0 saturated heterocycles. The summed E-state index contributed by atoms with van der Waals surface area (Å²) in [5, 5.41) is 47.9. The molecule has 1 aromatic rings. The van der Waals surface area contributed by atoms with Crippen LogP contribution in [0.4, 0.5) is 0 Å². The second-order valence-corrected chi connectivity index (χ2v) is 2.46. The van der Waals surface area contributed by atoms with Gasteiger partial charge in [0.1, 0.15) is 18.3 Å². The van der Waals surface area contributed by atoms with E-state index in [9.17, 15) is 10.2 Å². The Morgan fingerprint density at radius 2 is 2.00 bits per heavy atom. The molecule has 0 aliphatic heterocycles. The normalized spacial score (nSPS) is 18.2. The third-order valence-corrected chi connectivity index (χ3v) is 1.53. The van der Waals surface area contributed by atoms with Gasteiger partial charge in [-0.2, -0.15) is 5.21 Å². The number of rotatable bonds is 4. The molecule has 0 fully saturated rings. The molecule has 8 heteroatoms. The minimum absolute atomic E-state index is 0.139. The Morgan fingerprint density at radius 3 is 2.46 bits per heavy atom. The Labute approximate surface area is 72.8 Å². The van der Waals surface area contributed by atoms with Crippen LogP contribution in [0.25, 0.3) is 0 Å². The van der Waals surface area contributed by atoms with Gasteiger partial charge >= 0.3 is 0 Å². The van der Waals surface area contributed by atoms with E-state index in [1.54, 1.807) is 0 Å². The molecule has 0 spiro atoms. The summed E-state index contributed by atoms with van der Waals surface area (Å²) < 4.78 is 0. The average molecular weight is 190 g/mol. The zero-order chi connectivity index (χ0) is 9.84. The van der Waals surface area contributed by atoms with Crippen LogP contribution in [0.15, 0.2) is 0 Å². The number of tetrazole rings is 1. The van der Waals surface area contributed by atoms with Gasteiger partial charge in [-0.3, -0.25) is 0 Å². The number of nitrogens with zero attached hydrogens (tertiary/aromatic N) is 3. The van der Waals surface area contributed by atoms with E-state index >= 15 is 0 Å². The molecule has 1 heterocycles. The molecular weight excluding hydrogens is 180 g/mol. The molecule has 13 heavy (non-hydrogen) atoms. The summed E-state index contributed by atoms with van der Waals surface area (Å²) in [6.07, 6.45) is -4.45. The maximum Gasteiger partial charge on any atom is 0.205 e. The van der Waals surface area contributed by atoms with Crippen LogP contribution in [0.1, 0.15) is 11.9 Å². The fraction of sp³-hybridized carbons (Fsp3) is 0.800. The highest BCUT2D eigenvalue weighted by Gasteiger charge is 2.28. The van der Waals surface area contributed by atoms with Crippen molar-refractivity contribution in [1.29, 1.82) is 0 Å². The Hall–Kier alpha value is -1.09. The summed E-state index contributed by atoms with van der Waals surface area (Å²) in [6.45, 7) is -0.657. The Balaban J connectivity index is 2.62. The first-order chi connectivity index (χ1) is 6.16. The van der Waals surface area contributed by atoms with Crippen molar-refractivity contribution < 1.29 is 20.4 Å². The molecule has 74 valence electrons. The molecule has 1 rings (SSSR count). The van der Waals surface area contributed by atoms with Crippen molar-refractivity contribution in [3.63, 3.8) is 0 Å². The number of H-pyrrole nitrogens is 1. The Morgan fingerprint density at radius 1 is 1.31 bits per heavy atom. The molecule has 3 atom stereocenters. The number of aromatic nitrogens is 4.